The molecule has 0 saturated carbocycles. The average Bonchev–Trinajstić information content (AvgIpc) is 3.22. The van der Waals surface area contributed by atoms with Crippen molar-refractivity contribution in [3.05, 3.63) is 30.3 Å². The van der Waals surface area contributed by atoms with E-state index in [9.17, 15) is 9.18 Å². The van der Waals surface area contributed by atoms with Gasteiger partial charge in [-0.05, 0) is 25.0 Å². The Kier molecular flexibility index (Phi) is 6.94. The van der Waals surface area contributed by atoms with Crippen LogP contribution in [0, 0.1) is 5.82 Å². The van der Waals surface area contributed by atoms with Gasteiger partial charge >= 0.3 is 6.01 Å². The second-order valence-electron chi connectivity index (χ2n) is 8.40. The van der Waals surface area contributed by atoms with Crippen LogP contribution in [0.25, 0.3) is 21.9 Å². The minimum absolute atomic E-state index is 0.120. The smallest absolute Gasteiger partial charge is 0.326 e. The second kappa shape index (κ2) is 10.4. The van der Waals surface area contributed by atoms with Crippen molar-refractivity contribution >= 4 is 51.0 Å². The van der Waals surface area contributed by atoms with Crippen LogP contribution < -0.4 is 15.4 Å². The minimum Gasteiger partial charge on any atom is -0.421 e. The molecular weight excluding hydrogens is 469 g/mol. The number of nitrogens with zero attached hydrogens (tertiary/aromatic N) is 4. The van der Waals surface area contributed by atoms with E-state index in [4.69, 9.17) is 4.74 Å². The van der Waals surface area contributed by atoms with E-state index >= 15 is 0 Å². The first kappa shape index (κ1) is 23.3. The van der Waals surface area contributed by atoms with Crippen LogP contribution in [0.3, 0.4) is 0 Å². The summed E-state index contributed by atoms with van der Waals surface area (Å²) in [5.41, 5.74) is 1.91. The SMILES string of the molecule is CNc1cc(F)cc2c1[nH]c1nc3nc(c12)NCCCCCCCC(=O)CSc1ncc(cn1)O3. The lowest BCUT2D eigenvalue weighted by Crippen LogP contribution is -2.06. The first-order valence-electron chi connectivity index (χ1n) is 11.7. The highest BCUT2D eigenvalue weighted by molar-refractivity contribution is 7.99. The molecule has 6 rings (SSSR count). The number of hydrogen-bond donors (Lipinski definition) is 3. The summed E-state index contributed by atoms with van der Waals surface area (Å²) in [6.45, 7) is 0.694. The fraction of sp³-hybridized carbons (Fsp3) is 0.375. The van der Waals surface area contributed by atoms with Gasteiger partial charge in [-0.15, -0.1) is 0 Å². The quantitative estimate of drug-likeness (QED) is 0.302. The minimum atomic E-state index is -0.347. The Morgan fingerprint density at radius 1 is 1.09 bits per heavy atom. The summed E-state index contributed by atoms with van der Waals surface area (Å²) in [6.07, 6.45) is 8.61. The summed E-state index contributed by atoms with van der Waals surface area (Å²) in [5, 5.41) is 8.33. The first-order valence-corrected chi connectivity index (χ1v) is 12.7. The molecule has 11 heteroatoms. The molecule has 0 radical (unpaired) electrons. The molecule has 0 amide bonds. The summed E-state index contributed by atoms with van der Waals surface area (Å²) in [6, 6.07) is 3.04. The Labute approximate surface area is 205 Å². The topological polar surface area (TPSA) is 118 Å². The highest BCUT2D eigenvalue weighted by Crippen LogP contribution is 2.35. The van der Waals surface area contributed by atoms with Crippen molar-refractivity contribution in [3.63, 3.8) is 0 Å². The summed E-state index contributed by atoms with van der Waals surface area (Å²) in [5.74, 6) is 1.17. The van der Waals surface area contributed by atoms with Crippen LogP contribution in [0.2, 0.25) is 0 Å². The van der Waals surface area contributed by atoms with Gasteiger partial charge in [-0.2, -0.15) is 9.97 Å². The van der Waals surface area contributed by atoms with E-state index < -0.39 is 0 Å². The molecule has 9 nitrogen and oxygen atoms in total. The third-order valence-electron chi connectivity index (χ3n) is 5.87. The van der Waals surface area contributed by atoms with Crippen LogP contribution in [-0.4, -0.2) is 50.0 Å². The number of carbonyl (C=O) groups excluding carboxylic acids is 1. The number of ether oxygens (including phenoxy) is 1. The molecule has 0 atom stereocenters. The van der Waals surface area contributed by atoms with Crippen molar-refractivity contribution in [3.8, 4) is 11.8 Å². The first-order chi connectivity index (χ1) is 17.1. The Morgan fingerprint density at radius 2 is 1.89 bits per heavy atom. The van der Waals surface area contributed by atoms with Crippen molar-refractivity contribution in [1.29, 1.82) is 0 Å². The Morgan fingerprint density at radius 3 is 2.71 bits per heavy atom. The number of anilines is 2. The van der Waals surface area contributed by atoms with Gasteiger partial charge in [0.05, 0.1) is 34.7 Å². The maximum absolute atomic E-state index is 14.4. The van der Waals surface area contributed by atoms with Gasteiger partial charge in [0, 0.05) is 25.4 Å². The largest absolute Gasteiger partial charge is 0.421 e. The zero-order chi connectivity index (χ0) is 24.2. The van der Waals surface area contributed by atoms with E-state index in [1.807, 2.05) is 0 Å². The van der Waals surface area contributed by atoms with E-state index in [0.29, 0.717) is 57.5 Å². The van der Waals surface area contributed by atoms with Gasteiger partial charge in [0.25, 0.3) is 0 Å². The lowest BCUT2D eigenvalue weighted by molar-refractivity contribution is -0.116. The predicted octanol–water partition coefficient (Wildman–Crippen LogP) is 5.30. The van der Waals surface area contributed by atoms with Gasteiger partial charge in [-0.25, -0.2) is 14.4 Å². The van der Waals surface area contributed by atoms with Crippen LogP contribution in [0.1, 0.15) is 38.5 Å². The number of thioether (sulfide) groups is 1. The van der Waals surface area contributed by atoms with Gasteiger partial charge in [0.1, 0.15) is 23.1 Å². The molecular formula is C24H26FN7O2S. The molecule has 3 N–H and O–H groups in total. The van der Waals surface area contributed by atoms with Crippen LogP contribution in [-0.2, 0) is 4.79 Å². The number of H-pyrrole nitrogens is 1. The number of aromatic nitrogens is 5. The van der Waals surface area contributed by atoms with Crippen molar-refractivity contribution in [1.82, 2.24) is 24.9 Å². The van der Waals surface area contributed by atoms with Gasteiger partial charge in [0.2, 0.25) is 0 Å². The average molecular weight is 496 g/mol. The van der Waals surface area contributed by atoms with E-state index in [0.717, 1.165) is 37.6 Å². The van der Waals surface area contributed by atoms with Crippen LogP contribution >= 0.6 is 11.8 Å². The third-order valence-corrected chi connectivity index (χ3v) is 6.81. The molecule has 3 aromatic heterocycles. The summed E-state index contributed by atoms with van der Waals surface area (Å²) in [7, 11) is 1.75. The monoisotopic (exact) mass is 495 g/mol. The number of Topliss-reactive ketones (excluding diaryl/α,β-unsaturated/α-hetero) is 1. The fourth-order valence-corrected chi connectivity index (χ4v) is 4.84. The highest BCUT2D eigenvalue weighted by atomic mass is 32.2. The Balaban J connectivity index is 1.53. The predicted molar refractivity (Wildman–Crippen MR) is 135 cm³/mol. The van der Waals surface area contributed by atoms with E-state index in [-0.39, 0.29) is 17.6 Å². The molecule has 35 heavy (non-hydrogen) atoms. The summed E-state index contributed by atoms with van der Waals surface area (Å²) in [4.78, 5) is 33.1. The molecule has 1 aromatic carbocycles. The lowest BCUT2D eigenvalue weighted by Gasteiger charge is -2.10. The number of fused-ring (bicyclic) bond motifs is 15. The maximum Gasteiger partial charge on any atom is 0.326 e. The molecule has 182 valence electrons. The Bertz CT molecular complexity index is 1360. The van der Waals surface area contributed by atoms with Crippen molar-refractivity contribution in [2.45, 2.75) is 43.7 Å². The van der Waals surface area contributed by atoms with Crippen LogP contribution in [0.5, 0.6) is 11.8 Å². The Hall–Kier alpha value is -3.47. The number of aromatic amines is 1. The van der Waals surface area contributed by atoms with Crippen LogP contribution in [0.15, 0.2) is 29.7 Å². The summed E-state index contributed by atoms with van der Waals surface area (Å²) >= 11 is 1.32. The third kappa shape index (κ3) is 5.29. The van der Waals surface area contributed by atoms with E-state index in [2.05, 4.69) is 35.6 Å². The molecule has 0 spiro atoms. The molecule has 0 unspecified atom stereocenters. The van der Waals surface area contributed by atoms with Crippen LogP contribution in [0.4, 0.5) is 15.9 Å². The molecule has 2 aliphatic heterocycles. The molecule has 5 heterocycles. The number of halogens is 1. The molecule has 0 aliphatic carbocycles. The van der Waals surface area contributed by atoms with Gasteiger partial charge in [0.15, 0.2) is 10.9 Å². The van der Waals surface area contributed by atoms with E-state index in [1.165, 1.54) is 36.3 Å². The van der Waals surface area contributed by atoms with Gasteiger partial charge < -0.3 is 20.4 Å². The second-order valence-corrected chi connectivity index (χ2v) is 9.35. The standard InChI is InChI=1S/C24H26FN7O2S/c1-26-18-10-14(25)9-17-19-21-27-8-6-4-2-3-5-7-15(33)13-35-24-28-11-16(12-29-24)34-23(31-21)32-22(19)30-20(17)18/h9-12,26H,2-8,13H2,1H3,(H2,27,30,31,32). The lowest BCUT2D eigenvalue weighted by atomic mass is 10.1. The van der Waals surface area contributed by atoms with Crippen molar-refractivity contribution in [2.24, 2.45) is 0 Å². The molecule has 2 aliphatic rings. The number of nitrogens with one attached hydrogen (secondary N) is 3. The number of ketones is 1. The molecule has 0 fully saturated rings. The zero-order valence-electron chi connectivity index (χ0n) is 19.4. The van der Waals surface area contributed by atoms with Crippen molar-refractivity contribution < 1.29 is 13.9 Å². The fourth-order valence-electron chi connectivity index (χ4n) is 4.15. The number of rotatable bonds is 1. The number of carbonyl (C=O) groups is 1. The molecule has 4 bridgehead atoms. The normalized spacial score (nSPS) is 15.8. The highest BCUT2D eigenvalue weighted by Gasteiger charge is 2.18. The van der Waals surface area contributed by atoms with Gasteiger partial charge in [-0.3, -0.25) is 4.79 Å². The van der Waals surface area contributed by atoms with Crippen molar-refractivity contribution in [2.75, 3.05) is 30.0 Å². The zero-order valence-corrected chi connectivity index (χ0v) is 20.2. The summed E-state index contributed by atoms with van der Waals surface area (Å²) < 4.78 is 20.2. The number of hydrogen-bond acceptors (Lipinski definition) is 9. The number of benzene rings is 1. The molecule has 4 aromatic rings. The van der Waals surface area contributed by atoms with Gasteiger partial charge in [-0.1, -0.05) is 31.0 Å². The maximum atomic E-state index is 14.4. The molecule has 0 saturated heterocycles. The van der Waals surface area contributed by atoms with E-state index in [1.54, 1.807) is 7.05 Å².